The second-order valence-corrected chi connectivity index (χ2v) is 7.17. The van der Waals surface area contributed by atoms with E-state index in [-0.39, 0.29) is 0 Å². The van der Waals surface area contributed by atoms with Gasteiger partial charge in [0.1, 0.15) is 12.1 Å². The maximum Gasteiger partial charge on any atom is 0.131 e. The van der Waals surface area contributed by atoms with Crippen LogP contribution in [0.25, 0.3) is 5.82 Å². The molecule has 5 nitrogen and oxygen atoms in total. The fourth-order valence-corrected chi connectivity index (χ4v) is 2.77. The molecule has 1 heterocycles. The average Bonchev–Trinajstić information content (AvgIpc) is 2.99. The lowest BCUT2D eigenvalue weighted by Gasteiger charge is -2.19. The molecular weight excluding hydrogens is 338 g/mol. The van der Waals surface area contributed by atoms with Crippen molar-refractivity contribution in [1.29, 1.82) is 0 Å². The molecule has 2 N–H and O–H groups in total. The van der Waals surface area contributed by atoms with Crippen LogP contribution >= 0.6 is 0 Å². The number of allylic oxidation sites excluding steroid dienone is 1. The summed E-state index contributed by atoms with van der Waals surface area (Å²) in [5.41, 5.74) is 9.42. The molecule has 5 heteroatoms. The van der Waals surface area contributed by atoms with E-state index in [0.29, 0.717) is 31.3 Å². The van der Waals surface area contributed by atoms with Gasteiger partial charge in [-0.05, 0) is 45.4 Å². The Morgan fingerprint density at radius 3 is 2.37 bits per heavy atom. The van der Waals surface area contributed by atoms with Crippen molar-refractivity contribution in [2.45, 2.75) is 34.3 Å². The zero-order valence-corrected chi connectivity index (χ0v) is 16.6. The van der Waals surface area contributed by atoms with Gasteiger partial charge in [-0.3, -0.25) is 4.99 Å². The van der Waals surface area contributed by atoms with Gasteiger partial charge in [-0.1, -0.05) is 30.3 Å². The summed E-state index contributed by atoms with van der Waals surface area (Å²) in [7, 11) is 0. The largest absolute Gasteiger partial charge is 0.385 e. The van der Waals surface area contributed by atoms with E-state index < -0.39 is 5.41 Å². The molecule has 1 aromatic heterocycles. The molecule has 0 fully saturated rings. The lowest BCUT2D eigenvalue weighted by Crippen LogP contribution is -2.26. The van der Waals surface area contributed by atoms with Crippen molar-refractivity contribution in [3.63, 3.8) is 0 Å². The normalized spacial score (nSPS) is 13.0. The number of aliphatic imine (C=N–C) groups is 1. The number of hydrogen-bond acceptors (Lipinski definition) is 4. The monoisotopic (exact) mass is 367 g/mol. The maximum atomic E-state index is 11.6. The first-order chi connectivity index (χ1) is 12.8. The van der Waals surface area contributed by atoms with Gasteiger partial charge in [0.2, 0.25) is 0 Å². The number of nitrogens with two attached hydrogens (primary N) is 1. The van der Waals surface area contributed by atoms with Crippen LogP contribution in [0, 0.1) is 19.3 Å². The molecule has 0 spiro atoms. The number of rotatable bonds is 9. The summed E-state index contributed by atoms with van der Waals surface area (Å²) in [6.07, 6.45) is 2.68. The summed E-state index contributed by atoms with van der Waals surface area (Å²) in [5.74, 6) is 0.550. The Morgan fingerprint density at radius 2 is 1.78 bits per heavy atom. The highest BCUT2D eigenvalue weighted by Crippen LogP contribution is 2.19. The molecule has 0 aliphatic heterocycles. The first-order valence-corrected chi connectivity index (χ1v) is 9.10. The van der Waals surface area contributed by atoms with Gasteiger partial charge in [0.05, 0.1) is 30.9 Å². The number of aromatic nitrogens is 1. The van der Waals surface area contributed by atoms with Crippen LogP contribution in [0.15, 0.2) is 53.5 Å². The number of aldehydes is 1. The van der Waals surface area contributed by atoms with Crippen molar-refractivity contribution in [1.82, 2.24) is 4.57 Å². The average molecular weight is 367 g/mol. The third kappa shape index (κ3) is 5.66. The molecule has 2 rings (SSSR count). The van der Waals surface area contributed by atoms with Crippen LogP contribution in [-0.4, -0.2) is 29.7 Å². The third-order valence-electron chi connectivity index (χ3n) is 4.40. The van der Waals surface area contributed by atoms with Crippen LogP contribution in [0.3, 0.4) is 0 Å². The van der Waals surface area contributed by atoms with Crippen LogP contribution in [0.1, 0.15) is 30.8 Å². The first-order valence-electron chi connectivity index (χ1n) is 9.10. The molecular formula is C22H29N3O2. The van der Waals surface area contributed by atoms with Crippen LogP contribution in [-0.2, 0) is 16.1 Å². The van der Waals surface area contributed by atoms with Gasteiger partial charge >= 0.3 is 0 Å². The molecule has 0 bridgehead atoms. The van der Waals surface area contributed by atoms with Gasteiger partial charge in [-0.15, -0.1) is 0 Å². The number of ether oxygens (including phenoxy) is 1. The van der Waals surface area contributed by atoms with Crippen molar-refractivity contribution in [2.24, 2.45) is 16.1 Å². The molecule has 0 aliphatic carbocycles. The minimum Gasteiger partial charge on any atom is -0.385 e. The Hall–Kier alpha value is -2.66. The second-order valence-electron chi connectivity index (χ2n) is 7.17. The summed E-state index contributed by atoms with van der Waals surface area (Å²) in [4.78, 5) is 16.2. The van der Waals surface area contributed by atoms with Crippen LogP contribution in [0.5, 0.6) is 0 Å². The van der Waals surface area contributed by atoms with E-state index in [1.807, 2.05) is 74.7 Å². The number of hydrogen-bond donors (Lipinski definition) is 1. The quantitative estimate of drug-likeness (QED) is 0.417. The Labute approximate surface area is 161 Å². The number of aryl methyl sites for hydroxylation is 2. The number of benzene rings is 1. The lowest BCUT2D eigenvalue weighted by atomic mass is 9.89. The number of nitrogens with zero attached hydrogens (tertiary/aromatic N) is 2. The fraction of sp³-hybridized carbons (Fsp3) is 0.364. The van der Waals surface area contributed by atoms with Gasteiger partial charge in [-0.25, -0.2) is 0 Å². The van der Waals surface area contributed by atoms with Crippen LogP contribution in [0.2, 0.25) is 0 Å². The summed E-state index contributed by atoms with van der Waals surface area (Å²) in [6.45, 7) is 9.14. The molecule has 0 saturated heterocycles. The molecule has 0 radical (unpaired) electrons. The van der Waals surface area contributed by atoms with Gasteiger partial charge in [0.15, 0.2) is 0 Å². The minimum atomic E-state index is -0.723. The zero-order valence-electron chi connectivity index (χ0n) is 16.6. The number of carbonyl (C=O) groups is 1. The highest BCUT2D eigenvalue weighted by molar-refractivity contribution is 6.10. The molecule has 0 atom stereocenters. The van der Waals surface area contributed by atoms with E-state index in [2.05, 4.69) is 4.99 Å². The molecule has 0 aliphatic rings. The van der Waals surface area contributed by atoms with E-state index in [1.165, 1.54) is 0 Å². The summed E-state index contributed by atoms with van der Waals surface area (Å²) in [5, 5.41) is 0. The summed E-state index contributed by atoms with van der Waals surface area (Å²) >= 11 is 0. The maximum absolute atomic E-state index is 11.6. The molecule has 1 aromatic carbocycles. The van der Waals surface area contributed by atoms with Crippen molar-refractivity contribution in [2.75, 3.05) is 13.2 Å². The molecule has 27 heavy (non-hydrogen) atoms. The first kappa shape index (κ1) is 20.6. The Bertz CT molecular complexity index is 798. The van der Waals surface area contributed by atoms with E-state index >= 15 is 0 Å². The third-order valence-corrected chi connectivity index (χ3v) is 4.40. The molecule has 0 saturated carbocycles. The predicted molar refractivity (Wildman–Crippen MR) is 111 cm³/mol. The molecule has 0 amide bonds. The van der Waals surface area contributed by atoms with E-state index in [1.54, 1.807) is 6.08 Å². The van der Waals surface area contributed by atoms with Crippen molar-refractivity contribution < 1.29 is 9.53 Å². The zero-order chi connectivity index (χ0) is 19.9. The molecule has 2 aromatic rings. The summed E-state index contributed by atoms with van der Waals surface area (Å²) in [6, 6.07) is 14.0. The SMILES string of the molecule is Cc1ccc(C)n1C(N)=CC(=NCCOCc1ccccc1)C(C)(C)C=O. The van der Waals surface area contributed by atoms with Crippen molar-refractivity contribution in [3.8, 4) is 0 Å². The van der Waals surface area contributed by atoms with E-state index in [4.69, 9.17) is 10.5 Å². The second kappa shape index (κ2) is 9.33. The van der Waals surface area contributed by atoms with Gasteiger partial charge in [0, 0.05) is 17.5 Å². The van der Waals surface area contributed by atoms with E-state index in [9.17, 15) is 4.79 Å². The highest BCUT2D eigenvalue weighted by atomic mass is 16.5. The van der Waals surface area contributed by atoms with Crippen molar-refractivity contribution >= 4 is 17.8 Å². The number of carbonyl (C=O) groups excluding carboxylic acids is 1. The molecule has 144 valence electrons. The van der Waals surface area contributed by atoms with Crippen molar-refractivity contribution in [3.05, 3.63) is 65.5 Å². The fourth-order valence-electron chi connectivity index (χ4n) is 2.77. The standard InChI is InChI=1S/C22H29N3O2/c1-17-10-11-18(2)25(17)21(23)14-20(22(3,4)16-26)24-12-13-27-15-19-8-6-5-7-9-19/h5-11,14,16H,12-13,15,23H2,1-4H3. The summed E-state index contributed by atoms with van der Waals surface area (Å²) < 4.78 is 7.63. The smallest absolute Gasteiger partial charge is 0.131 e. The minimum absolute atomic E-state index is 0.465. The molecule has 0 unspecified atom stereocenters. The highest BCUT2D eigenvalue weighted by Gasteiger charge is 2.23. The van der Waals surface area contributed by atoms with Gasteiger partial charge in [0.25, 0.3) is 0 Å². The van der Waals surface area contributed by atoms with Crippen LogP contribution in [0.4, 0.5) is 0 Å². The van der Waals surface area contributed by atoms with Crippen LogP contribution < -0.4 is 5.73 Å². The Balaban J connectivity index is 2.09. The van der Waals surface area contributed by atoms with Gasteiger partial charge < -0.3 is 19.8 Å². The van der Waals surface area contributed by atoms with Gasteiger partial charge in [-0.2, -0.15) is 0 Å². The Kier molecular flexibility index (Phi) is 7.13. The Morgan fingerprint density at radius 1 is 1.15 bits per heavy atom. The predicted octanol–water partition coefficient (Wildman–Crippen LogP) is 3.74. The van der Waals surface area contributed by atoms with E-state index in [0.717, 1.165) is 23.2 Å². The lowest BCUT2D eigenvalue weighted by molar-refractivity contribution is -0.112. The topological polar surface area (TPSA) is 69.6 Å².